The van der Waals surface area contributed by atoms with Gasteiger partial charge in [0.15, 0.2) is 0 Å². The highest BCUT2D eigenvalue weighted by atomic mass is 19.3. The van der Waals surface area contributed by atoms with Gasteiger partial charge in [-0.2, -0.15) is 0 Å². The number of halogens is 2. The molecular weight excluding hydrogens is 262 g/mol. The van der Waals surface area contributed by atoms with E-state index in [2.05, 4.69) is 19.2 Å². The van der Waals surface area contributed by atoms with Crippen LogP contribution in [0.1, 0.15) is 31.9 Å². The van der Waals surface area contributed by atoms with E-state index < -0.39 is 6.43 Å². The summed E-state index contributed by atoms with van der Waals surface area (Å²) in [5.41, 5.74) is 1.84. The molecule has 0 amide bonds. The monoisotopic (exact) mass is 286 g/mol. The fourth-order valence-corrected chi connectivity index (χ4v) is 2.07. The van der Waals surface area contributed by atoms with E-state index in [1.54, 1.807) is 0 Å². The minimum absolute atomic E-state index is 0.136. The first kappa shape index (κ1) is 16.9. The summed E-state index contributed by atoms with van der Waals surface area (Å²) in [7, 11) is 0. The fourth-order valence-electron chi connectivity index (χ4n) is 2.07. The second kappa shape index (κ2) is 8.87. The summed E-state index contributed by atoms with van der Waals surface area (Å²) >= 11 is 0. The molecule has 3 nitrogen and oxygen atoms in total. The van der Waals surface area contributed by atoms with Crippen molar-refractivity contribution in [1.29, 1.82) is 0 Å². The third-order valence-corrected chi connectivity index (χ3v) is 3.19. The van der Waals surface area contributed by atoms with E-state index in [-0.39, 0.29) is 25.7 Å². The molecule has 1 atom stereocenters. The van der Waals surface area contributed by atoms with Crippen LogP contribution in [0.25, 0.3) is 0 Å². The van der Waals surface area contributed by atoms with E-state index in [0.717, 1.165) is 18.5 Å². The van der Waals surface area contributed by atoms with E-state index in [4.69, 9.17) is 5.11 Å². The predicted octanol–water partition coefficient (Wildman–Crippen LogP) is 2.81. The van der Waals surface area contributed by atoms with Crippen LogP contribution in [-0.2, 0) is 0 Å². The van der Waals surface area contributed by atoms with Gasteiger partial charge in [0.05, 0.1) is 13.2 Å². The largest absolute Gasteiger partial charge is 0.395 e. The maximum Gasteiger partial charge on any atom is 0.255 e. The van der Waals surface area contributed by atoms with E-state index in [0.29, 0.717) is 5.69 Å². The van der Waals surface area contributed by atoms with Gasteiger partial charge in [0.2, 0.25) is 0 Å². The topological polar surface area (TPSA) is 35.5 Å². The van der Waals surface area contributed by atoms with Gasteiger partial charge in [0, 0.05) is 18.3 Å². The first-order chi connectivity index (χ1) is 9.58. The average molecular weight is 286 g/mol. The number of hydrogen-bond donors (Lipinski definition) is 2. The quantitative estimate of drug-likeness (QED) is 0.733. The molecule has 0 saturated carbocycles. The molecule has 0 bridgehead atoms. The van der Waals surface area contributed by atoms with E-state index in [9.17, 15) is 8.78 Å². The summed E-state index contributed by atoms with van der Waals surface area (Å²) in [6, 6.07) is 7.79. The van der Waals surface area contributed by atoms with Crippen molar-refractivity contribution in [3.63, 3.8) is 0 Å². The minimum atomic E-state index is -2.41. The van der Waals surface area contributed by atoms with Crippen LogP contribution >= 0.6 is 0 Å². The molecule has 0 saturated heterocycles. The van der Waals surface area contributed by atoms with Gasteiger partial charge in [0.25, 0.3) is 6.43 Å². The number of anilines is 1. The maximum atomic E-state index is 12.5. The summed E-state index contributed by atoms with van der Waals surface area (Å²) in [5.74, 6) is 0. The smallest absolute Gasteiger partial charge is 0.255 e. The Morgan fingerprint density at radius 2 is 1.90 bits per heavy atom. The number of benzene rings is 1. The second-order valence-corrected chi connectivity index (χ2v) is 4.83. The Kier molecular flexibility index (Phi) is 7.47. The molecule has 0 fully saturated rings. The molecule has 0 radical (unpaired) electrons. The molecular formula is C15H24F2N2O. The summed E-state index contributed by atoms with van der Waals surface area (Å²) in [5, 5.41) is 12.3. The lowest BCUT2D eigenvalue weighted by Crippen LogP contribution is -2.31. The molecule has 1 rings (SSSR count). The van der Waals surface area contributed by atoms with Gasteiger partial charge in [-0.05, 0) is 37.6 Å². The van der Waals surface area contributed by atoms with Crippen molar-refractivity contribution in [2.45, 2.75) is 32.7 Å². The van der Waals surface area contributed by atoms with Crippen LogP contribution in [0.3, 0.4) is 0 Å². The molecule has 1 aromatic carbocycles. The molecule has 0 heterocycles. The molecule has 1 unspecified atom stereocenters. The summed E-state index contributed by atoms with van der Waals surface area (Å²) in [6.07, 6.45) is -1.34. The number of aliphatic hydroxyl groups excluding tert-OH is 1. The Morgan fingerprint density at radius 3 is 2.40 bits per heavy atom. The van der Waals surface area contributed by atoms with Crippen molar-refractivity contribution in [3.05, 3.63) is 29.8 Å². The summed E-state index contributed by atoms with van der Waals surface area (Å²) in [6.45, 7) is 4.86. The zero-order valence-corrected chi connectivity index (χ0v) is 12.1. The van der Waals surface area contributed by atoms with Crippen molar-refractivity contribution < 1.29 is 13.9 Å². The third-order valence-electron chi connectivity index (χ3n) is 3.19. The van der Waals surface area contributed by atoms with Crippen LogP contribution < -0.4 is 10.2 Å². The number of nitrogens with one attached hydrogen (secondary N) is 1. The van der Waals surface area contributed by atoms with Crippen LogP contribution in [0.5, 0.6) is 0 Å². The summed E-state index contributed by atoms with van der Waals surface area (Å²) in [4.78, 5) is 1.50. The van der Waals surface area contributed by atoms with Gasteiger partial charge in [-0.15, -0.1) is 0 Å². The van der Waals surface area contributed by atoms with Crippen LogP contribution in [0.2, 0.25) is 0 Å². The molecule has 2 N–H and O–H groups in total. The number of aliphatic hydroxyl groups is 1. The number of hydrogen-bond acceptors (Lipinski definition) is 3. The Labute approximate surface area is 119 Å². The first-order valence-corrected chi connectivity index (χ1v) is 7.05. The van der Waals surface area contributed by atoms with Crippen LogP contribution in [0.15, 0.2) is 24.3 Å². The molecule has 20 heavy (non-hydrogen) atoms. The Balaban J connectivity index is 2.71. The normalized spacial score (nSPS) is 12.7. The lowest BCUT2D eigenvalue weighted by atomic mass is 10.1. The Hall–Kier alpha value is -1.20. The number of nitrogens with zero attached hydrogens (tertiary/aromatic N) is 1. The van der Waals surface area contributed by atoms with Gasteiger partial charge in [-0.1, -0.05) is 19.1 Å². The van der Waals surface area contributed by atoms with Gasteiger partial charge in [-0.3, -0.25) is 0 Å². The molecule has 114 valence electrons. The molecule has 1 aromatic rings. The standard InChI is InChI=1S/C15H24F2N2O/c1-3-8-18-12(2)13-4-6-14(7-5-13)19(9-10-20)11-15(16)17/h4-7,12,15,18,20H,3,8-11H2,1-2H3. The van der Waals surface area contributed by atoms with Crippen LogP contribution in [0, 0.1) is 0 Å². The van der Waals surface area contributed by atoms with E-state index in [1.807, 2.05) is 24.3 Å². The molecule has 0 aliphatic rings. The van der Waals surface area contributed by atoms with Crippen molar-refractivity contribution in [2.24, 2.45) is 0 Å². The zero-order chi connectivity index (χ0) is 15.0. The van der Waals surface area contributed by atoms with Gasteiger partial charge < -0.3 is 15.3 Å². The van der Waals surface area contributed by atoms with Gasteiger partial charge in [-0.25, -0.2) is 8.78 Å². The van der Waals surface area contributed by atoms with Gasteiger partial charge >= 0.3 is 0 Å². The second-order valence-electron chi connectivity index (χ2n) is 4.83. The number of alkyl halides is 2. The highest BCUT2D eigenvalue weighted by Crippen LogP contribution is 2.20. The molecule has 5 heteroatoms. The van der Waals surface area contributed by atoms with Crippen molar-refractivity contribution in [3.8, 4) is 0 Å². The average Bonchev–Trinajstić information content (AvgIpc) is 2.44. The van der Waals surface area contributed by atoms with Crippen molar-refractivity contribution >= 4 is 5.69 Å². The van der Waals surface area contributed by atoms with E-state index in [1.165, 1.54) is 4.90 Å². The molecule has 0 aliphatic carbocycles. The van der Waals surface area contributed by atoms with Crippen molar-refractivity contribution in [1.82, 2.24) is 5.32 Å². The van der Waals surface area contributed by atoms with Crippen molar-refractivity contribution in [2.75, 3.05) is 31.1 Å². The maximum absolute atomic E-state index is 12.5. The highest BCUT2D eigenvalue weighted by Gasteiger charge is 2.13. The molecule has 0 aliphatic heterocycles. The summed E-state index contributed by atoms with van der Waals surface area (Å²) < 4.78 is 25.0. The Bertz CT molecular complexity index is 371. The SMILES string of the molecule is CCCNC(C)c1ccc(N(CCO)CC(F)F)cc1. The molecule has 0 spiro atoms. The lowest BCUT2D eigenvalue weighted by molar-refractivity contribution is 0.153. The zero-order valence-electron chi connectivity index (χ0n) is 12.1. The Morgan fingerprint density at radius 1 is 1.25 bits per heavy atom. The minimum Gasteiger partial charge on any atom is -0.395 e. The first-order valence-electron chi connectivity index (χ1n) is 7.05. The third kappa shape index (κ3) is 5.43. The van der Waals surface area contributed by atoms with Gasteiger partial charge in [0.1, 0.15) is 0 Å². The number of rotatable bonds is 9. The predicted molar refractivity (Wildman–Crippen MR) is 78.5 cm³/mol. The van der Waals surface area contributed by atoms with Crippen LogP contribution in [-0.4, -0.2) is 37.8 Å². The van der Waals surface area contributed by atoms with Crippen LogP contribution in [0.4, 0.5) is 14.5 Å². The fraction of sp³-hybridized carbons (Fsp3) is 0.600. The highest BCUT2D eigenvalue weighted by molar-refractivity contribution is 5.48. The lowest BCUT2D eigenvalue weighted by Gasteiger charge is -2.24. The molecule has 0 aromatic heterocycles. The van der Waals surface area contributed by atoms with E-state index >= 15 is 0 Å².